The molecule has 1 heterocycles. The quantitative estimate of drug-likeness (QED) is 0.457. The lowest BCUT2D eigenvalue weighted by Gasteiger charge is -1.78. The lowest BCUT2D eigenvalue weighted by molar-refractivity contribution is 0.767. The summed E-state index contributed by atoms with van der Waals surface area (Å²) < 4.78 is 1.66. The van der Waals surface area contributed by atoms with Crippen LogP contribution < -0.4 is 0 Å². The van der Waals surface area contributed by atoms with E-state index in [-0.39, 0.29) is 0 Å². The third kappa shape index (κ3) is 0.796. The molecule has 1 rings (SSSR count). The van der Waals surface area contributed by atoms with E-state index in [4.69, 9.17) is 6.92 Å². The smallest absolute Gasteiger partial charge is 0.0524 e. The SMILES string of the molecule is [CH]c1cnn(C)c1. The summed E-state index contributed by atoms with van der Waals surface area (Å²) in [4.78, 5) is 0. The lowest BCUT2D eigenvalue weighted by atomic mass is 10.4. The fourth-order valence-corrected chi connectivity index (χ4v) is 0.440. The van der Waals surface area contributed by atoms with Crippen molar-refractivity contribution in [2.45, 2.75) is 0 Å². The van der Waals surface area contributed by atoms with Crippen molar-refractivity contribution in [3.05, 3.63) is 24.9 Å². The highest BCUT2D eigenvalue weighted by Gasteiger charge is 1.82. The minimum absolute atomic E-state index is 0.711. The molecule has 2 radical (unpaired) electrons. The first kappa shape index (κ1) is 4.37. The van der Waals surface area contributed by atoms with E-state index < -0.39 is 0 Å². The van der Waals surface area contributed by atoms with Gasteiger partial charge in [0.2, 0.25) is 0 Å². The zero-order valence-electron chi connectivity index (χ0n) is 4.13. The van der Waals surface area contributed by atoms with Crippen LogP contribution in [-0.4, -0.2) is 9.78 Å². The van der Waals surface area contributed by atoms with E-state index in [0.717, 1.165) is 0 Å². The van der Waals surface area contributed by atoms with Crippen LogP contribution in [0.25, 0.3) is 0 Å². The van der Waals surface area contributed by atoms with Gasteiger partial charge in [0.15, 0.2) is 0 Å². The molecule has 7 heavy (non-hydrogen) atoms. The van der Waals surface area contributed by atoms with Crippen LogP contribution in [0.1, 0.15) is 5.56 Å². The summed E-state index contributed by atoms with van der Waals surface area (Å²) in [5, 5.41) is 3.81. The van der Waals surface area contributed by atoms with Crippen molar-refractivity contribution >= 4 is 0 Å². The van der Waals surface area contributed by atoms with E-state index >= 15 is 0 Å². The Morgan fingerprint density at radius 2 is 2.57 bits per heavy atom. The van der Waals surface area contributed by atoms with Crippen molar-refractivity contribution < 1.29 is 0 Å². The van der Waals surface area contributed by atoms with Crippen molar-refractivity contribution in [3.8, 4) is 0 Å². The number of hydrogen-bond donors (Lipinski definition) is 0. The number of hydrogen-bond acceptors (Lipinski definition) is 1. The molecular weight excluding hydrogens is 88.1 g/mol. The Morgan fingerprint density at radius 1 is 1.86 bits per heavy atom. The molecule has 2 nitrogen and oxygen atoms in total. The molecule has 0 atom stereocenters. The highest BCUT2D eigenvalue weighted by atomic mass is 15.2. The van der Waals surface area contributed by atoms with Crippen molar-refractivity contribution in [2.24, 2.45) is 7.05 Å². The molecule has 0 N–H and O–H groups in total. The second-order valence-corrected chi connectivity index (χ2v) is 1.45. The summed E-state index contributed by atoms with van der Waals surface area (Å²) in [7, 11) is 1.83. The summed E-state index contributed by atoms with van der Waals surface area (Å²) in [5.74, 6) is 0. The van der Waals surface area contributed by atoms with Gasteiger partial charge in [-0.25, -0.2) is 0 Å². The molecule has 0 saturated carbocycles. The molecule has 0 bridgehead atoms. The Balaban J connectivity index is 3.04. The van der Waals surface area contributed by atoms with Crippen LogP contribution in [0.2, 0.25) is 0 Å². The fraction of sp³-hybridized carbons (Fsp3) is 0.200. The molecule has 0 aliphatic rings. The van der Waals surface area contributed by atoms with Gasteiger partial charge in [-0.1, -0.05) is 0 Å². The van der Waals surface area contributed by atoms with Crippen molar-refractivity contribution in [1.29, 1.82) is 0 Å². The molecule has 2 heteroatoms. The van der Waals surface area contributed by atoms with Crippen LogP contribution in [-0.2, 0) is 7.05 Å². The maximum absolute atomic E-state index is 5.30. The topological polar surface area (TPSA) is 17.8 Å². The third-order valence-corrected chi connectivity index (χ3v) is 0.725. The predicted molar refractivity (Wildman–Crippen MR) is 26.6 cm³/mol. The predicted octanol–water partition coefficient (Wildman–Crippen LogP) is 0.479. The first-order chi connectivity index (χ1) is 3.29. The zero-order valence-corrected chi connectivity index (χ0v) is 4.13. The van der Waals surface area contributed by atoms with Crippen LogP contribution in [0.5, 0.6) is 0 Å². The van der Waals surface area contributed by atoms with E-state index in [1.807, 2.05) is 7.05 Å². The van der Waals surface area contributed by atoms with Crippen molar-refractivity contribution in [1.82, 2.24) is 9.78 Å². The largest absolute Gasteiger partial charge is 0.276 e. The van der Waals surface area contributed by atoms with E-state index in [2.05, 4.69) is 5.10 Å². The molecule has 0 aliphatic heterocycles. The van der Waals surface area contributed by atoms with E-state index in [1.54, 1.807) is 17.1 Å². The summed E-state index contributed by atoms with van der Waals surface area (Å²) in [6.07, 6.45) is 3.36. The molecule has 0 aromatic carbocycles. The third-order valence-electron chi connectivity index (χ3n) is 0.725. The van der Waals surface area contributed by atoms with E-state index in [9.17, 15) is 0 Å². The average Bonchev–Trinajstić information content (AvgIpc) is 1.87. The molecule has 0 fully saturated rings. The molecule has 0 saturated heterocycles. The summed E-state index contributed by atoms with van der Waals surface area (Å²) >= 11 is 0. The standard InChI is InChI=1S/C5H6N2/c1-5-3-6-7(2)4-5/h1,3-4H,2H3. The monoisotopic (exact) mass is 94.1 g/mol. The summed E-state index contributed by atoms with van der Waals surface area (Å²) in [6, 6.07) is 0. The maximum Gasteiger partial charge on any atom is 0.0524 e. The van der Waals surface area contributed by atoms with Gasteiger partial charge in [-0.2, -0.15) is 5.10 Å². The van der Waals surface area contributed by atoms with Crippen LogP contribution in [0.3, 0.4) is 0 Å². The first-order valence-corrected chi connectivity index (χ1v) is 2.03. The van der Waals surface area contributed by atoms with Crippen LogP contribution in [0.4, 0.5) is 0 Å². The minimum atomic E-state index is 0.711. The van der Waals surface area contributed by atoms with Gasteiger partial charge < -0.3 is 0 Å². The molecule has 1 aromatic rings. The Morgan fingerprint density at radius 3 is 2.71 bits per heavy atom. The maximum atomic E-state index is 5.30. The first-order valence-electron chi connectivity index (χ1n) is 2.03. The van der Waals surface area contributed by atoms with Gasteiger partial charge in [0.05, 0.1) is 6.20 Å². The highest BCUT2D eigenvalue weighted by molar-refractivity contribution is 5.06. The minimum Gasteiger partial charge on any atom is -0.276 e. The second kappa shape index (κ2) is 1.37. The van der Waals surface area contributed by atoms with Gasteiger partial charge in [0.25, 0.3) is 0 Å². The van der Waals surface area contributed by atoms with Crippen LogP contribution >= 0.6 is 0 Å². The second-order valence-electron chi connectivity index (χ2n) is 1.45. The fourth-order valence-electron chi connectivity index (χ4n) is 0.440. The van der Waals surface area contributed by atoms with E-state index in [1.165, 1.54) is 0 Å². The zero-order chi connectivity index (χ0) is 5.28. The molecule has 0 aliphatic carbocycles. The lowest BCUT2D eigenvalue weighted by Crippen LogP contribution is -1.83. The van der Waals surface area contributed by atoms with Gasteiger partial charge >= 0.3 is 0 Å². The van der Waals surface area contributed by atoms with Gasteiger partial charge in [-0.05, 0) is 5.56 Å². The van der Waals surface area contributed by atoms with Gasteiger partial charge in [0.1, 0.15) is 0 Å². The number of nitrogens with zero attached hydrogens (tertiary/aromatic N) is 2. The van der Waals surface area contributed by atoms with Gasteiger partial charge in [-0.15, -0.1) is 0 Å². The number of rotatable bonds is 0. The summed E-state index contributed by atoms with van der Waals surface area (Å²) in [5.41, 5.74) is 0.711. The molecule has 0 unspecified atom stereocenters. The van der Waals surface area contributed by atoms with Crippen molar-refractivity contribution in [3.63, 3.8) is 0 Å². The van der Waals surface area contributed by atoms with Gasteiger partial charge in [0, 0.05) is 20.2 Å². The number of aryl methyl sites for hydroxylation is 1. The van der Waals surface area contributed by atoms with E-state index in [0.29, 0.717) is 5.56 Å². The van der Waals surface area contributed by atoms with Gasteiger partial charge in [-0.3, -0.25) is 4.68 Å². The number of aromatic nitrogens is 2. The molecular formula is C5H6N2. The Kier molecular flexibility index (Phi) is 0.855. The average molecular weight is 94.1 g/mol. The van der Waals surface area contributed by atoms with Crippen LogP contribution in [0, 0.1) is 6.92 Å². The molecule has 0 spiro atoms. The normalized spacial score (nSPS) is 9.43. The Labute approximate surface area is 42.8 Å². The highest BCUT2D eigenvalue weighted by Crippen LogP contribution is 1.88. The Bertz CT molecular complexity index is 138. The molecule has 36 valence electrons. The molecule has 0 amide bonds. The van der Waals surface area contributed by atoms with Crippen LogP contribution in [0.15, 0.2) is 12.4 Å². The summed E-state index contributed by atoms with van der Waals surface area (Å²) in [6.45, 7) is 5.30. The van der Waals surface area contributed by atoms with Crippen molar-refractivity contribution in [2.75, 3.05) is 0 Å². The molecule has 1 aromatic heterocycles. The Hall–Kier alpha value is -0.790.